The molecule has 1 rings (SSSR count). The standard InChI is InChI=1S/C8H11N3O2/c1-9-11(12)10-13-7-8-5-3-2-4-6-8/h2-6H,7H2,1H3,(H,9,10). The fraction of sp³-hybridized carbons (Fsp3) is 0.250. The van der Waals surface area contributed by atoms with Gasteiger partial charge in [0.05, 0.1) is 12.0 Å². The molecule has 70 valence electrons. The minimum absolute atomic E-state index is 0.253. The van der Waals surface area contributed by atoms with Crippen LogP contribution in [-0.2, 0) is 11.4 Å². The molecule has 0 aromatic heterocycles. The lowest BCUT2D eigenvalue weighted by molar-refractivity contribution is -0.645. The summed E-state index contributed by atoms with van der Waals surface area (Å²) < 4.78 is 0. The van der Waals surface area contributed by atoms with Gasteiger partial charge in [-0.05, 0) is 16.3 Å². The summed E-state index contributed by atoms with van der Waals surface area (Å²) in [7, 11) is 1.37. The summed E-state index contributed by atoms with van der Waals surface area (Å²) in [6.45, 7) is 0.328. The summed E-state index contributed by atoms with van der Waals surface area (Å²) >= 11 is 0. The van der Waals surface area contributed by atoms with Gasteiger partial charge in [0, 0.05) is 0 Å². The maximum absolute atomic E-state index is 10.5. The molecule has 0 saturated carbocycles. The molecule has 1 N–H and O–H groups in total. The third-order valence-corrected chi connectivity index (χ3v) is 1.41. The Morgan fingerprint density at radius 2 is 2.15 bits per heavy atom. The van der Waals surface area contributed by atoms with E-state index in [9.17, 15) is 5.21 Å². The van der Waals surface area contributed by atoms with Crippen LogP contribution in [0.3, 0.4) is 0 Å². The quantitative estimate of drug-likeness (QED) is 0.431. The lowest BCUT2D eigenvalue weighted by Gasteiger charge is -2.02. The zero-order valence-electron chi connectivity index (χ0n) is 7.30. The molecule has 0 amide bonds. The molecule has 13 heavy (non-hydrogen) atoms. The predicted octanol–water partition coefficient (Wildman–Crippen LogP) is 1.22. The molecular weight excluding hydrogens is 170 g/mol. The third kappa shape index (κ3) is 3.53. The van der Waals surface area contributed by atoms with Crippen molar-refractivity contribution < 1.29 is 9.81 Å². The van der Waals surface area contributed by atoms with Gasteiger partial charge in [-0.3, -0.25) is 0 Å². The first-order valence-electron chi connectivity index (χ1n) is 3.81. The first-order chi connectivity index (χ1) is 6.33. The van der Waals surface area contributed by atoms with Crippen molar-refractivity contribution in [2.24, 2.45) is 5.11 Å². The number of hydrazine groups is 1. The third-order valence-electron chi connectivity index (χ3n) is 1.41. The van der Waals surface area contributed by atoms with Crippen LogP contribution in [0.5, 0.6) is 0 Å². The fourth-order valence-electron chi connectivity index (χ4n) is 0.786. The molecule has 1 aromatic rings. The second-order valence-corrected chi connectivity index (χ2v) is 2.34. The smallest absolute Gasteiger partial charge is 0.105 e. The molecule has 0 radical (unpaired) electrons. The van der Waals surface area contributed by atoms with Gasteiger partial charge in [0.1, 0.15) is 6.61 Å². The van der Waals surface area contributed by atoms with Gasteiger partial charge in [0.15, 0.2) is 0 Å². The average Bonchev–Trinajstić information content (AvgIpc) is 2.19. The normalized spacial score (nSPS) is 11.3. The Bertz CT molecular complexity index is 274. The number of hydrogen-bond acceptors (Lipinski definition) is 3. The minimum atomic E-state index is 0.253. The predicted molar refractivity (Wildman–Crippen MR) is 46.3 cm³/mol. The maximum Gasteiger partial charge on any atom is 0.105 e. The van der Waals surface area contributed by atoms with Crippen LogP contribution in [-0.4, -0.2) is 12.0 Å². The molecule has 0 spiro atoms. The Morgan fingerprint density at radius 1 is 1.46 bits per heavy atom. The second-order valence-electron chi connectivity index (χ2n) is 2.34. The van der Waals surface area contributed by atoms with E-state index in [0.717, 1.165) is 5.56 Å². The molecule has 0 bridgehead atoms. The molecule has 0 unspecified atom stereocenters. The molecule has 1 aromatic carbocycles. The van der Waals surface area contributed by atoms with Crippen LogP contribution in [0.25, 0.3) is 0 Å². The van der Waals surface area contributed by atoms with Gasteiger partial charge in [0.25, 0.3) is 0 Å². The van der Waals surface area contributed by atoms with E-state index in [1.54, 1.807) is 0 Å². The fourth-order valence-corrected chi connectivity index (χ4v) is 0.786. The van der Waals surface area contributed by atoms with Gasteiger partial charge in [0.2, 0.25) is 0 Å². The van der Waals surface area contributed by atoms with E-state index in [4.69, 9.17) is 4.84 Å². The van der Waals surface area contributed by atoms with Crippen molar-refractivity contribution in [3.05, 3.63) is 41.1 Å². The first kappa shape index (κ1) is 9.47. The van der Waals surface area contributed by atoms with Gasteiger partial charge in [-0.15, -0.1) is 0 Å². The van der Waals surface area contributed by atoms with E-state index in [1.807, 2.05) is 30.3 Å². The topological polar surface area (TPSA) is 59.7 Å². The van der Waals surface area contributed by atoms with Crippen LogP contribution in [0.2, 0.25) is 0 Å². The number of benzene rings is 1. The van der Waals surface area contributed by atoms with E-state index >= 15 is 0 Å². The second kappa shape index (κ2) is 5.10. The van der Waals surface area contributed by atoms with Gasteiger partial charge in [-0.1, -0.05) is 30.3 Å². The van der Waals surface area contributed by atoms with Crippen molar-refractivity contribution in [1.82, 2.24) is 5.59 Å². The van der Waals surface area contributed by atoms with Crippen molar-refractivity contribution in [3.8, 4) is 0 Å². The van der Waals surface area contributed by atoms with Crippen LogP contribution >= 0.6 is 0 Å². The number of hydrogen-bond donors (Lipinski definition) is 1. The van der Waals surface area contributed by atoms with Crippen molar-refractivity contribution >= 4 is 0 Å². The monoisotopic (exact) mass is 181 g/mol. The highest BCUT2D eigenvalue weighted by Crippen LogP contribution is 1.98. The Kier molecular flexibility index (Phi) is 3.72. The summed E-state index contributed by atoms with van der Waals surface area (Å²) in [5.74, 6) is 0. The molecule has 0 atom stereocenters. The first-order valence-corrected chi connectivity index (χ1v) is 3.81. The number of rotatable bonds is 4. The summed E-state index contributed by atoms with van der Waals surface area (Å²) in [5.41, 5.74) is 3.08. The van der Waals surface area contributed by atoms with Crippen LogP contribution in [0.1, 0.15) is 5.56 Å². The molecule has 0 fully saturated rings. The Balaban J connectivity index is 2.28. The highest BCUT2D eigenvalue weighted by atomic mass is 16.7. The summed E-state index contributed by atoms with van der Waals surface area (Å²) in [5, 5.41) is 13.8. The highest BCUT2D eigenvalue weighted by Gasteiger charge is 1.93. The van der Waals surface area contributed by atoms with Crippen LogP contribution in [0.15, 0.2) is 35.4 Å². The maximum atomic E-state index is 10.5. The van der Waals surface area contributed by atoms with Gasteiger partial charge >= 0.3 is 0 Å². The molecule has 5 heteroatoms. The van der Waals surface area contributed by atoms with Crippen LogP contribution in [0.4, 0.5) is 0 Å². The number of nitrogens with zero attached hydrogens (tertiary/aromatic N) is 2. The molecule has 0 aliphatic heterocycles. The van der Waals surface area contributed by atoms with Crippen molar-refractivity contribution in [3.63, 3.8) is 0 Å². The summed E-state index contributed by atoms with van der Waals surface area (Å²) in [6.07, 6.45) is 0. The zero-order chi connectivity index (χ0) is 9.52. The van der Waals surface area contributed by atoms with Crippen LogP contribution < -0.4 is 5.59 Å². The zero-order valence-corrected chi connectivity index (χ0v) is 7.30. The molecule has 5 nitrogen and oxygen atoms in total. The lowest BCUT2D eigenvalue weighted by atomic mass is 10.2. The SMILES string of the molecule is CN=[N+]([O-])NOCc1ccccc1. The van der Waals surface area contributed by atoms with Gasteiger partial charge in [-0.25, -0.2) is 4.84 Å². The van der Waals surface area contributed by atoms with Gasteiger partial charge < -0.3 is 5.21 Å². The van der Waals surface area contributed by atoms with Crippen molar-refractivity contribution in [2.75, 3.05) is 7.05 Å². The van der Waals surface area contributed by atoms with Gasteiger partial charge in [-0.2, -0.15) is 0 Å². The molecule has 0 aliphatic carbocycles. The van der Waals surface area contributed by atoms with Crippen molar-refractivity contribution in [2.45, 2.75) is 6.61 Å². The molecule has 0 aliphatic rings. The average molecular weight is 181 g/mol. The lowest BCUT2D eigenvalue weighted by Crippen LogP contribution is -2.22. The summed E-state index contributed by atoms with van der Waals surface area (Å²) in [6, 6.07) is 9.52. The minimum Gasteiger partial charge on any atom is -0.570 e. The molecular formula is C8H11N3O2. The number of nitrogens with one attached hydrogen (secondary N) is 1. The van der Waals surface area contributed by atoms with Crippen LogP contribution in [0, 0.1) is 5.21 Å². The van der Waals surface area contributed by atoms with E-state index in [1.165, 1.54) is 7.05 Å². The van der Waals surface area contributed by atoms with E-state index in [-0.39, 0.29) is 4.97 Å². The highest BCUT2D eigenvalue weighted by molar-refractivity contribution is 5.13. The largest absolute Gasteiger partial charge is 0.570 e. The summed E-state index contributed by atoms with van der Waals surface area (Å²) in [4.78, 5) is 5.09. The van der Waals surface area contributed by atoms with E-state index < -0.39 is 0 Å². The van der Waals surface area contributed by atoms with E-state index in [2.05, 4.69) is 10.7 Å². The Hall–Kier alpha value is -1.62. The Labute approximate surface area is 76.2 Å². The molecule has 0 heterocycles. The van der Waals surface area contributed by atoms with Crippen molar-refractivity contribution in [1.29, 1.82) is 0 Å². The molecule has 0 saturated heterocycles. The Morgan fingerprint density at radius 3 is 2.77 bits per heavy atom. The van der Waals surface area contributed by atoms with E-state index in [0.29, 0.717) is 6.61 Å².